The highest BCUT2D eigenvalue weighted by Gasteiger charge is 2.16. The minimum atomic E-state index is 0.0758. The van der Waals surface area contributed by atoms with Crippen molar-refractivity contribution in [3.05, 3.63) is 29.3 Å². The Hall–Kier alpha value is -1.97. The fourth-order valence-electron chi connectivity index (χ4n) is 3.09. The zero-order valence-electron chi connectivity index (χ0n) is 12.4. The third-order valence-electron chi connectivity index (χ3n) is 4.32. The second-order valence-electron chi connectivity index (χ2n) is 5.93. The van der Waals surface area contributed by atoms with Crippen molar-refractivity contribution in [3.63, 3.8) is 0 Å². The number of nitrogens with one attached hydrogen (secondary N) is 2. The van der Waals surface area contributed by atoms with Crippen molar-refractivity contribution in [2.45, 2.75) is 44.9 Å². The maximum Gasteiger partial charge on any atom is 0.224 e. The van der Waals surface area contributed by atoms with Crippen LogP contribution in [0.2, 0.25) is 0 Å². The van der Waals surface area contributed by atoms with Crippen LogP contribution in [0, 0.1) is 0 Å². The van der Waals surface area contributed by atoms with Gasteiger partial charge in [-0.05, 0) is 56.2 Å². The molecule has 1 aliphatic carbocycles. The van der Waals surface area contributed by atoms with E-state index < -0.39 is 0 Å². The predicted octanol–water partition coefficient (Wildman–Crippen LogP) is 3.46. The van der Waals surface area contributed by atoms with Gasteiger partial charge in [-0.2, -0.15) is 0 Å². The van der Waals surface area contributed by atoms with E-state index in [-0.39, 0.29) is 5.91 Å². The van der Waals surface area contributed by atoms with Crippen LogP contribution in [-0.4, -0.2) is 12.5 Å². The molecule has 0 saturated carbocycles. The van der Waals surface area contributed by atoms with E-state index in [2.05, 4.69) is 22.8 Å². The molecule has 1 aromatic rings. The summed E-state index contributed by atoms with van der Waals surface area (Å²) in [7, 11) is 0. The molecular weight excluding hydrogens is 262 g/mol. The van der Waals surface area contributed by atoms with Crippen molar-refractivity contribution in [3.8, 4) is 0 Å². The third kappa shape index (κ3) is 3.38. The second-order valence-corrected chi connectivity index (χ2v) is 5.93. The molecule has 0 saturated heterocycles. The summed E-state index contributed by atoms with van der Waals surface area (Å²) in [5, 5.41) is 6.32. The van der Waals surface area contributed by atoms with Crippen LogP contribution in [0.15, 0.2) is 23.8 Å². The van der Waals surface area contributed by atoms with Crippen molar-refractivity contribution in [2.75, 3.05) is 22.9 Å². The number of nitrogens with two attached hydrogens (primary N) is 1. The van der Waals surface area contributed by atoms with Crippen molar-refractivity contribution >= 4 is 23.0 Å². The summed E-state index contributed by atoms with van der Waals surface area (Å²) in [4.78, 5) is 11.4. The molecule has 112 valence electrons. The molecule has 0 bridgehead atoms. The van der Waals surface area contributed by atoms with Gasteiger partial charge in [0.25, 0.3) is 0 Å². The fourth-order valence-corrected chi connectivity index (χ4v) is 3.09. The number of rotatable bonds is 4. The number of carbonyl (C=O) groups excluding carboxylic acids is 1. The van der Waals surface area contributed by atoms with E-state index in [4.69, 9.17) is 5.73 Å². The minimum absolute atomic E-state index is 0.0758. The Morgan fingerprint density at radius 1 is 1.19 bits per heavy atom. The molecule has 0 atom stereocenters. The normalized spacial score (nSPS) is 17.7. The highest BCUT2D eigenvalue weighted by Crippen LogP contribution is 2.31. The smallest absolute Gasteiger partial charge is 0.224 e. The molecule has 4 heteroatoms. The average Bonchev–Trinajstić information content (AvgIpc) is 2.49. The number of fused-ring (bicyclic) bond motifs is 1. The number of nitrogen functional groups attached to an aromatic ring is 1. The number of hydrogen-bond donors (Lipinski definition) is 3. The summed E-state index contributed by atoms with van der Waals surface area (Å²) in [6.45, 7) is 0.918. The van der Waals surface area contributed by atoms with E-state index in [0.717, 1.165) is 30.8 Å². The Morgan fingerprint density at radius 3 is 2.90 bits per heavy atom. The van der Waals surface area contributed by atoms with Gasteiger partial charge < -0.3 is 16.4 Å². The molecule has 0 aromatic heterocycles. The van der Waals surface area contributed by atoms with Gasteiger partial charge in [0.15, 0.2) is 0 Å². The summed E-state index contributed by atoms with van der Waals surface area (Å²) < 4.78 is 0. The number of anilines is 3. The van der Waals surface area contributed by atoms with E-state index in [1.807, 2.05) is 6.07 Å². The van der Waals surface area contributed by atoms with Crippen molar-refractivity contribution in [1.29, 1.82) is 0 Å². The summed E-state index contributed by atoms with van der Waals surface area (Å²) in [5.41, 5.74) is 11.4. The quantitative estimate of drug-likeness (QED) is 0.586. The van der Waals surface area contributed by atoms with Crippen LogP contribution in [-0.2, 0) is 11.2 Å². The predicted molar refractivity (Wildman–Crippen MR) is 87.5 cm³/mol. The number of allylic oxidation sites excluding steroid dienone is 1. The number of carbonyl (C=O) groups is 1. The van der Waals surface area contributed by atoms with Crippen molar-refractivity contribution in [2.24, 2.45) is 0 Å². The van der Waals surface area contributed by atoms with Gasteiger partial charge in [-0.15, -0.1) is 0 Å². The molecule has 1 heterocycles. The van der Waals surface area contributed by atoms with E-state index in [9.17, 15) is 4.79 Å². The monoisotopic (exact) mass is 285 g/mol. The van der Waals surface area contributed by atoms with Crippen LogP contribution in [0.4, 0.5) is 17.1 Å². The van der Waals surface area contributed by atoms with Crippen LogP contribution in [0.1, 0.15) is 44.1 Å². The molecule has 0 unspecified atom stereocenters. The van der Waals surface area contributed by atoms with Gasteiger partial charge in [-0.1, -0.05) is 11.6 Å². The number of amides is 1. The zero-order valence-corrected chi connectivity index (χ0v) is 12.4. The fraction of sp³-hybridized carbons (Fsp3) is 0.471. The lowest BCUT2D eigenvalue weighted by atomic mass is 9.97. The minimum Gasteiger partial charge on any atom is -0.397 e. The molecule has 1 amide bonds. The summed E-state index contributed by atoms with van der Waals surface area (Å²) >= 11 is 0. The Labute approximate surface area is 125 Å². The van der Waals surface area contributed by atoms with Gasteiger partial charge in [-0.3, -0.25) is 4.79 Å². The summed E-state index contributed by atoms with van der Waals surface area (Å²) in [5.74, 6) is 0.0758. The first-order valence-electron chi connectivity index (χ1n) is 7.86. The van der Waals surface area contributed by atoms with Gasteiger partial charge >= 0.3 is 0 Å². The Kier molecular flexibility index (Phi) is 4.13. The first-order chi connectivity index (χ1) is 10.2. The maximum absolute atomic E-state index is 11.4. The molecule has 3 rings (SSSR count). The molecule has 1 aliphatic heterocycles. The van der Waals surface area contributed by atoms with E-state index >= 15 is 0 Å². The SMILES string of the molecule is Nc1cc2c(cc1NCCC1=CCCCC1)CCC(=O)N2. The number of hydrogen-bond acceptors (Lipinski definition) is 3. The molecule has 2 aliphatic rings. The van der Waals surface area contributed by atoms with Gasteiger partial charge in [0.05, 0.1) is 11.4 Å². The van der Waals surface area contributed by atoms with Gasteiger partial charge in [0.2, 0.25) is 5.91 Å². The van der Waals surface area contributed by atoms with Crippen LogP contribution < -0.4 is 16.4 Å². The molecule has 4 N–H and O–H groups in total. The standard InChI is InChI=1S/C17H23N3O/c18-14-11-15-13(6-7-17(21)20-15)10-16(14)19-9-8-12-4-2-1-3-5-12/h4,10-11,19H,1-3,5-9,18H2,(H,20,21). The van der Waals surface area contributed by atoms with Crippen molar-refractivity contribution in [1.82, 2.24) is 0 Å². The van der Waals surface area contributed by atoms with Crippen LogP contribution in [0.3, 0.4) is 0 Å². The molecule has 0 radical (unpaired) electrons. The lowest BCUT2D eigenvalue weighted by Gasteiger charge is -2.20. The summed E-state index contributed by atoms with van der Waals surface area (Å²) in [6, 6.07) is 3.95. The lowest BCUT2D eigenvalue weighted by Crippen LogP contribution is -2.19. The van der Waals surface area contributed by atoms with E-state index in [1.165, 1.54) is 31.2 Å². The molecule has 21 heavy (non-hydrogen) atoms. The molecule has 4 nitrogen and oxygen atoms in total. The van der Waals surface area contributed by atoms with Crippen LogP contribution in [0.25, 0.3) is 0 Å². The first kappa shape index (κ1) is 14.0. The Balaban J connectivity index is 1.63. The van der Waals surface area contributed by atoms with Gasteiger partial charge in [0, 0.05) is 18.7 Å². The highest BCUT2D eigenvalue weighted by atomic mass is 16.1. The van der Waals surface area contributed by atoms with Gasteiger partial charge in [0.1, 0.15) is 0 Å². The topological polar surface area (TPSA) is 67.1 Å². The van der Waals surface area contributed by atoms with Gasteiger partial charge in [-0.25, -0.2) is 0 Å². The highest BCUT2D eigenvalue weighted by molar-refractivity contribution is 5.95. The largest absolute Gasteiger partial charge is 0.397 e. The number of aryl methyl sites for hydroxylation is 1. The van der Waals surface area contributed by atoms with E-state index in [1.54, 1.807) is 5.57 Å². The number of benzene rings is 1. The molecular formula is C17H23N3O. The van der Waals surface area contributed by atoms with Crippen molar-refractivity contribution < 1.29 is 4.79 Å². The van der Waals surface area contributed by atoms with E-state index in [0.29, 0.717) is 12.1 Å². The maximum atomic E-state index is 11.4. The molecule has 1 aromatic carbocycles. The Morgan fingerprint density at radius 2 is 2.10 bits per heavy atom. The van der Waals surface area contributed by atoms with Crippen LogP contribution in [0.5, 0.6) is 0 Å². The lowest BCUT2D eigenvalue weighted by molar-refractivity contribution is -0.116. The second kappa shape index (κ2) is 6.20. The van der Waals surface area contributed by atoms with Crippen LogP contribution >= 0.6 is 0 Å². The third-order valence-corrected chi connectivity index (χ3v) is 4.32. The average molecular weight is 285 g/mol. The molecule has 0 spiro atoms. The summed E-state index contributed by atoms with van der Waals surface area (Å²) in [6.07, 6.45) is 9.96. The first-order valence-corrected chi connectivity index (χ1v) is 7.86. The Bertz CT molecular complexity index is 578. The zero-order chi connectivity index (χ0) is 14.7. The molecule has 0 fully saturated rings.